The average molecular weight is 184 g/mol. The van der Waals surface area contributed by atoms with Crippen molar-refractivity contribution in [3.05, 3.63) is 12.7 Å². The van der Waals surface area contributed by atoms with Crippen molar-refractivity contribution < 1.29 is 0 Å². The molecule has 12 heavy (non-hydrogen) atoms. The normalized spacial score (nSPS) is 12.0. The molecule has 0 fully saturated rings. The van der Waals surface area contributed by atoms with Crippen molar-refractivity contribution in [3.8, 4) is 6.07 Å². The Morgan fingerprint density at radius 3 is 3.00 bits per heavy atom. The van der Waals surface area contributed by atoms with Gasteiger partial charge in [0.15, 0.2) is 0 Å². The average Bonchev–Trinajstić information content (AvgIpc) is 2.11. The lowest BCUT2D eigenvalue weighted by molar-refractivity contribution is 0.631. The summed E-state index contributed by atoms with van der Waals surface area (Å²) in [4.78, 5) is 0. The summed E-state index contributed by atoms with van der Waals surface area (Å²) < 4.78 is 0. The number of nitrogens with one attached hydrogen (secondary N) is 1. The standard InChI is InChI=1S/C9H16N2S/c1-3-6-11-9(8-10)5-7-12-4-2/h3,9,11H,1,4-7H2,2H3. The van der Waals surface area contributed by atoms with E-state index in [1.165, 1.54) is 0 Å². The molecule has 0 amide bonds. The van der Waals surface area contributed by atoms with E-state index in [0.717, 1.165) is 24.5 Å². The second kappa shape index (κ2) is 8.63. The fraction of sp³-hybridized carbons (Fsp3) is 0.667. The molecule has 0 heterocycles. The first-order chi connectivity index (χ1) is 5.85. The molecule has 0 saturated carbocycles. The van der Waals surface area contributed by atoms with Crippen molar-refractivity contribution in [2.75, 3.05) is 18.1 Å². The van der Waals surface area contributed by atoms with Gasteiger partial charge in [-0.2, -0.15) is 17.0 Å². The summed E-state index contributed by atoms with van der Waals surface area (Å²) in [5.74, 6) is 2.18. The molecule has 0 aliphatic rings. The Morgan fingerprint density at radius 1 is 1.75 bits per heavy atom. The maximum absolute atomic E-state index is 8.70. The molecule has 0 aromatic carbocycles. The van der Waals surface area contributed by atoms with Crippen LogP contribution in [-0.2, 0) is 0 Å². The first kappa shape index (κ1) is 11.5. The number of thioether (sulfide) groups is 1. The summed E-state index contributed by atoms with van der Waals surface area (Å²) in [6.07, 6.45) is 2.69. The Bertz CT molecular complexity index is 151. The van der Waals surface area contributed by atoms with Gasteiger partial charge in [-0.1, -0.05) is 13.0 Å². The lowest BCUT2D eigenvalue weighted by Gasteiger charge is -2.08. The molecular formula is C9H16N2S. The third-order valence-corrected chi connectivity index (χ3v) is 2.35. The van der Waals surface area contributed by atoms with Gasteiger partial charge in [0.05, 0.1) is 12.1 Å². The molecule has 2 nitrogen and oxygen atoms in total. The van der Waals surface area contributed by atoms with Gasteiger partial charge >= 0.3 is 0 Å². The number of nitrogens with zero attached hydrogens (tertiary/aromatic N) is 1. The minimum atomic E-state index is -0.0120. The topological polar surface area (TPSA) is 35.8 Å². The first-order valence-corrected chi connectivity index (χ1v) is 5.32. The lowest BCUT2D eigenvalue weighted by atomic mass is 10.2. The molecule has 0 aromatic rings. The van der Waals surface area contributed by atoms with Crippen molar-refractivity contribution in [2.24, 2.45) is 0 Å². The van der Waals surface area contributed by atoms with E-state index in [9.17, 15) is 0 Å². The fourth-order valence-electron chi connectivity index (χ4n) is 0.783. The molecule has 1 N–H and O–H groups in total. The molecule has 0 rings (SSSR count). The van der Waals surface area contributed by atoms with E-state index in [4.69, 9.17) is 5.26 Å². The SMILES string of the molecule is C=CCNC(C#N)CCSCC. The Morgan fingerprint density at radius 2 is 2.50 bits per heavy atom. The molecule has 0 bridgehead atoms. The zero-order chi connectivity index (χ0) is 9.23. The van der Waals surface area contributed by atoms with E-state index in [1.807, 2.05) is 11.8 Å². The van der Waals surface area contributed by atoms with Crippen molar-refractivity contribution in [1.29, 1.82) is 5.26 Å². The van der Waals surface area contributed by atoms with Crippen molar-refractivity contribution in [2.45, 2.75) is 19.4 Å². The van der Waals surface area contributed by atoms with E-state index in [1.54, 1.807) is 6.08 Å². The third kappa shape index (κ3) is 6.26. The summed E-state index contributed by atoms with van der Waals surface area (Å²) in [6, 6.07) is 2.21. The highest BCUT2D eigenvalue weighted by atomic mass is 32.2. The number of nitriles is 1. The molecule has 1 unspecified atom stereocenters. The van der Waals surface area contributed by atoms with Crippen LogP contribution in [0.15, 0.2) is 12.7 Å². The minimum Gasteiger partial charge on any atom is -0.298 e. The highest BCUT2D eigenvalue weighted by Gasteiger charge is 2.03. The van der Waals surface area contributed by atoms with Gasteiger partial charge in [0.25, 0.3) is 0 Å². The molecule has 0 radical (unpaired) electrons. The maximum atomic E-state index is 8.70. The van der Waals surface area contributed by atoms with Crippen LogP contribution in [0, 0.1) is 11.3 Å². The fourth-order valence-corrected chi connectivity index (χ4v) is 1.47. The molecular weight excluding hydrogens is 168 g/mol. The number of rotatable bonds is 7. The van der Waals surface area contributed by atoms with Crippen molar-refractivity contribution in [1.82, 2.24) is 5.32 Å². The van der Waals surface area contributed by atoms with Crippen LogP contribution in [0.2, 0.25) is 0 Å². The zero-order valence-electron chi connectivity index (χ0n) is 7.55. The zero-order valence-corrected chi connectivity index (χ0v) is 8.36. The van der Waals surface area contributed by atoms with Crippen LogP contribution in [0.4, 0.5) is 0 Å². The molecule has 0 aliphatic heterocycles. The second-order valence-corrected chi connectivity index (χ2v) is 3.76. The summed E-state index contributed by atoms with van der Waals surface area (Å²) in [6.45, 7) is 6.43. The van der Waals surface area contributed by atoms with Gasteiger partial charge in [-0.15, -0.1) is 6.58 Å². The predicted molar refractivity (Wildman–Crippen MR) is 55.2 cm³/mol. The van der Waals surface area contributed by atoms with Gasteiger partial charge in [0.1, 0.15) is 0 Å². The highest BCUT2D eigenvalue weighted by molar-refractivity contribution is 7.99. The quantitative estimate of drug-likeness (QED) is 0.484. The summed E-state index contributed by atoms with van der Waals surface area (Å²) in [5.41, 5.74) is 0. The van der Waals surface area contributed by atoms with Crippen LogP contribution >= 0.6 is 11.8 Å². The Kier molecular flexibility index (Phi) is 8.30. The highest BCUT2D eigenvalue weighted by Crippen LogP contribution is 2.03. The van der Waals surface area contributed by atoms with Crippen LogP contribution in [0.5, 0.6) is 0 Å². The number of hydrogen-bond acceptors (Lipinski definition) is 3. The van der Waals surface area contributed by atoms with Crippen LogP contribution in [0.25, 0.3) is 0 Å². The monoisotopic (exact) mass is 184 g/mol. The van der Waals surface area contributed by atoms with Gasteiger partial charge in [-0.25, -0.2) is 0 Å². The van der Waals surface area contributed by atoms with Crippen molar-refractivity contribution in [3.63, 3.8) is 0 Å². The Hall–Kier alpha value is -0.460. The van der Waals surface area contributed by atoms with Gasteiger partial charge < -0.3 is 0 Å². The van der Waals surface area contributed by atoms with E-state index in [-0.39, 0.29) is 6.04 Å². The predicted octanol–water partition coefficient (Wildman–Crippen LogP) is 1.80. The van der Waals surface area contributed by atoms with Crippen molar-refractivity contribution >= 4 is 11.8 Å². The number of hydrogen-bond donors (Lipinski definition) is 1. The van der Waals surface area contributed by atoms with E-state index in [0.29, 0.717) is 0 Å². The van der Waals surface area contributed by atoms with Crippen LogP contribution in [0.1, 0.15) is 13.3 Å². The molecule has 0 aliphatic carbocycles. The molecule has 0 spiro atoms. The summed E-state index contributed by atoms with van der Waals surface area (Å²) >= 11 is 1.87. The first-order valence-electron chi connectivity index (χ1n) is 4.16. The molecule has 0 aromatic heterocycles. The largest absolute Gasteiger partial charge is 0.298 e. The van der Waals surface area contributed by atoms with E-state index < -0.39 is 0 Å². The second-order valence-electron chi connectivity index (χ2n) is 2.36. The maximum Gasteiger partial charge on any atom is 0.0963 e. The van der Waals surface area contributed by atoms with Gasteiger partial charge in [0.2, 0.25) is 0 Å². The lowest BCUT2D eigenvalue weighted by Crippen LogP contribution is -2.28. The molecule has 3 heteroatoms. The molecule has 1 atom stereocenters. The Labute approximate surface area is 79.0 Å². The molecule has 68 valence electrons. The third-order valence-electron chi connectivity index (χ3n) is 1.42. The van der Waals surface area contributed by atoms with Crippen LogP contribution in [0.3, 0.4) is 0 Å². The van der Waals surface area contributed by atoms with Gasteiger partial charge in [0, 0.05) is 6.54 Å². The summed E-state index contributed by atoms with van der Waals surface area (Å²) in [7, 11) is 0. The minimum absolute atomic E-state index is 0.0120. The van der Waals surface area contributed by atoms with E-state index >= 15 is 0 Å². The Balaban J connectivity index is 3.41. The molecule has 0 saturated heterocycles. The smallest absolute Gasteiger partial charge is 0.0963 e. The summed E-state index contributed by atoms with van der Waals surface area (Å²) in [5, 5.41) is 11.8. The van der Waals surface area contributed by atoms with Gasteiger partial charge in [-0.3, -0.25) is 5.32 Å². The van der Waals surface area contributed by atoms with Gasteiger partial charge in [-0.05, 0) is 17.9 Å². The van der Waals surface area contributed by atoms with E-state index in [2.05, 4.69) is 24.9 Å². The van der Waals surface area contributed by atoms with Crippen LogP contribution in [-0.4, -0.2) is 24.1 Å². The van der Waals surface area contributed by atoms with Crippen LogP contribution < -0.4 is 5.32 Å².